The Balaban J connectivity index is 2.36. The Morgan fingerprint density at radius 3 is 2.53 bits per heavy atom. The Morgan fingerprint density at radius 1 is 1.41 bits per heavy atom. The summed E-state index contributed by atoms with van der Waals surface area (Å²) in [6.45, 7) is 1.83. The molecule has 0 aliphatic heterocycles. The lowest BCUT2D eigenvalue weighted by atomic mass is 10.1. The molecule has 0 spiro atoms. The van der Waals surface area contributed by atoms with Crippen LogP contribution in [-0.2, 0) is 5.75 Å². The number of aromatic carboxylic acids is 1. The van der Waals surface area contributed by atoms with E-state index in [9.17, 15) is 4.79 Å². The van der Waals surface area contributed by atoms with Gasteiger partial charge in [-0.3, -0.25) is 0 Å². The number of carboxylic acids is 1. The average molecular weight is 249 g/mol. The summed E-state index contributed by atoms with van der Waals surface area (Å²) in [5, 5.41) is 8.78. The third-order valence-electron chi connectivity index (χ3n) is 2.42. The van der Waals surface area contributed by atoms with Crippen molar-refractivity contribution in [2.75, 3.05) is 0 Å². The van der Waals surface area contributed by atoms with Crippen LogP contribution in [0.25, 0.3) is 11.5 Å². The molecule has 0 aliphatic carbocycles. The van der Waals surface area contributed by atoms with E-state index < -0.39 is 5.97 Å². The molecule has 0 saturated carbocycles. The summed E-state index contributed by atoms with van der Waals surface area (Å²) < 4.78 is 5.48. The molecule has 0 amide bonds. The zero-order chi connectivity index (χ0) is 12.4. The number of carbonyl (C=O) groups is 1. The number of aryl methyl sites for hydroxylation is 1. The Hall–Kier alpha value is -1.75. The lowest BCUT2D eigenvalue weighted by molar-refractivity contribution is 0.0697. The second kappa shape index (κ2) is 4.63. The third kappa shape index (κ3) is 2.34. The second-order valence-corrected chi connectivity index (χ2v) is 3.88. The van der Waals surface area contributed by atoms with Gasteiger partial charge >= 0.3 is 5.97 Å². The van der Waals surface area contributed by atoms with Crippen LogP contribution < -0.4 is 0 Å². The number of benzene rings is 1. The highest BCUT2D eigenvalue weighted by atomic mass is 32.1. The van der Waals surface area contributed by atoms with Crippen molar-refractivity contribution in [3.8, 4) is 11.5 Å². The summed E-state index contributed by atoms with van der Waals surface area (Å²) in [6.07, 6.45) is 0. The minimum atomic E-state index is -0.948. The topological polar surface area (TPSA) is 63.3 Å². The summed E-state index contributed by atoms with van der Waals surface area (Å²) in [7, 11) is 0. The monoisotopic (exact) mass is 249 g/mol. The van der Waals surface area contributed by atoms with E-state index in [0.29, 0.717) is 11.6 Å². The van der Waals surface area contributed by atoms with E-state index in [0.717, 1.165) is 17.0 Å². The zero-order valence-electron chi connectivity index (χ0n) is 9.17. The van der Waals surface area contributed by atoms with Gasteiger partial charge in [0.25, 0.3) is 0 Å². The van der Waals surface area contributed by atoms with E-state index in [4.69, 9.17) is 9.52 Å². The lowest BCUT2D eigenvalue weighted by Gasteiger charge is -1.96. The summed E-state index contributed by atoms with van der Waals surface area (Å²) in [4.78, 5) is 15.0. The number of aromatic nitrogens is 1. The van der Waals surface area contributed by atoms with Crippen LogP contribution in [-0.4, -0.2) is 16.1 Å². The van der Waals surface area contributed by atoms with E-state index >= 15 is 0 Å². The molecule has 4 nitrogen and oxygen atoms in total. The highest BCUT2D eigenvalue weighted by Gasteiger charge is 2.10. The first-order valence-corrected chi connectivity index (χ1v) is 5.66. The molecule has 0 aliphatic rings. The van der Waals surface area contributed by atoms with Crippen molar-refractivity contribution in [1.82, 2.24) is 4.98 Å². The first-order chi connectivity index (χ1) is 8.11. The number of nitrogens with zero attached hydrogens (tertiary/aromatic N) is 1. The van der Waals surface area contributed by atoms with Gasteiger partial charge in [-0.1, -0.05) is 0 Å². The Bertz CT molecular complexity index is 545. The number of carboxylic acid groups (broad SMARTS) is 1. The Morgan fingerprint density at radius 2 is 2.06 bits per heavy atom. The molecule has 0 bridgehead atoms. The fourth-order valence-corrected chi connectivity index (χ4v) is 1.75. The molecule has 88 valence electrons. The molecule has 1 aromatic heterocycles. The normalized spacial score (nSPS) is 10.5. The van der Waals surface area contributed by atoms with Crippen molar-refractivity contribution in [3.63, 3.8) is 0 Å². The quantitative estimate of drug-likeness (QED) is 0.821. The molecule has 0 unspecified atom stereocenters. The molecule has 1 N–H and O–H groups in total. The molecular formula is C12H11NO3S. The van der Waals surface area contributed by atoms with Gasteiger partial charge in [0.1, 0.15) is 5.76 Å². The number of hydrogen-bond donors (Lipinski definition) is 2. The van der Waals surface area contributed by atoms with Gasteiger partial charge < -0.3 is 9.52 Å². The Labute approximate surface area is 104 Å². The van der Waals surface area contributed by atoms with Crippen LogP contribution in [0.1, 0.15) is 21.8 Å². The van der Waals surface area contributed by atoms with Gasteiger partial charge in [0.15, 0.2) is 0 Å². The van der Waals surface area contributed by atoms with Crippen LogP contribution >= 0.6 is 12.6 Å². The van der Waals surface area contributed by atoms with Crippen molar-refractivity contribution in [2.45, 2.75) is 12.7 Å². The molecule has 2 aromatic rings. The average Bonchev–Trinajstić information content (AvgIpc) is 2.70. The maximum atomic E-state index is 10.7. The van der Waals surface area contributed by atoms with E-state index in [2.05, 4.69) is 17.6 Å². The number of hydrogen-bond acceptors (Lipinski definition) is 4. The summed E-state index contributed by atoms with van der Waals surface area (Å²) in [6, 6.07) is 6.41. The van der Waals surface area contributed by atoms with Gasteiger partial charge in [-0.25, -0.2) is 9.78 Å². The maximum Gasteiger partial charge on any atom is 0.335 e. The van der Waals surface area contributed by atoms with Gasteiger partial charge in [0.2, 0.25) is 5.89 Å². The highest BCUT2D eigenvalue weighted by molar-refractivity contribution is 7.79. The van der Waals surface area contributed by atoms with E-state index in [1.807, 2.05) is 6.92 Å². The first kappa shape index (κ1) is 11.7. The van der Waals surface area contributed by atoms with Gasteiger partial charge in [0, 0.05) is 11.3 Å². The van der Waals surface area contributed by atoms with Crippen LogP contribution in [0.4, 0.5) is 0 Å². The van der Waals surface area contributed by atoms with Gasteiger partial charge in [-0.2, -0.15) is 12.6 Å². The van der Waals surface area contributed by atoms with Crippen LogP contribution in [0.2, 0.25) is 0 Å². The predicted molar refractivity (Wildman–Crippen MR) is 66.3 cm³/mol. The summed E-state index contributed by atoms with van der Waals surface area (Å²) >= 11 is 4.15. The molecule has 0 atom stereocenters. The fraction of sp³-hybridized carbons (Fsp3) is 0.167. The minimum Gasteiger partial charge on any atom is -0.478 e. The second-order valence-electron chi connectivity index (χ2n) is 3.56. The summed E-state index contributed by atoms with van der Waals surface area (Å²) in [5.41, 5.74) is 1.79. The van der Waals surface area contributed by atoms with E-state index in [-0.39, 0.29) is 5.56 Å². The van der Waals surface area contributed by atoms with Crippen molar-refractivity contribution >= 4 is 18.6 Å². The van der Waals surface area contributed by atoms with Crippen molar-refractivity contribution in [3.05, 3.63) is 41.3 Å². The number of oxazole rings is 1. The molecule has 0 radical (unpaired) electrons. The van der Waals surface area contributed by atoms with Crippen LogP contribution in [0.3, 0.4) is 0 Å². The number of thiol groups is 1. The van der Waals surface area contributed by atoms with Crippen molar-refractivity contribution in [1.29, 1.82) is 0 Å². The molecule has 1 heterocycles. The molecule has 1 aromatic carbocycles. The standard InChI is InChI=1S/C12H11NO3S/c1-7-10(6-17)13-11(16-7)8-2-4-9(5-3-8)12(14)15/h2-5,17H,6H2,1H3,(H,14,15). The molecule has 5 heteroatoms. The predicted octanol–water partition coefficient (Wildman–Crippen LogP) is 2.78. The minimum absolute atomic E-state index is 0.242. The van der Waals surface area contributed by atoms with Gasteiger partial charge in [-0.05, 0) is 31.2 Å². The zero-order valence-corrected chi connectivity index (χ0v) is 10.1. The fourth-order valence-electron chi connectivity index (χ4n) is 1.45. The highest BCUT2D eigenvalue weighted by Crippen LogP contribution is 2.22. The molecule has 17 heavy (non-hydrogen) atoms. The van der Waals surface area contributed by atoms with E-state index in [1.165, 1.54) is 12.1 Å². The largest absolute Gasteiger partial charge is 0.478 e. The SMILES string of the molecule is Cc1oc(-c2ccc(C(=O)O)cc2)nc1CS. The third-order valence-corrected chi connectivity index (χ3v) is 2.72. The molecular weight excluding hydrogens is 238 g/mol. The van der Waals surface area contributed by atoms with Crippen LogP contribution in [0.15, 0.2) is 28.7 Å². The Kier molecular flexibility index (Phi) is 3.19. The van der Waals surface area contributed by atoms with Crippen LogP contribution in [0.5, 0.6) is 0 Å². The van der Waals surface area contributed by atoms with Crippen LogP contribution in [0, 0.1) is 6.92 Å². The first-order valence-electron chi connectivity index (χ1n) is 5.02. The molecule has 0 saturated heterocycles. The smallest absolute Gasteiger partial charge is 0.335 e. The lowest BCUT2D eigenvalue weighted by Crippen LogP contribution is -1.94. The van der Waals surface area contributed by atoms with Gasteiger partial charge in [-0.15, -0.1) is 0 Å². The number of rotatable bonds is 3. The van der Waals surface area contributed by atoms with Crippen molar-refractivity contribution in [2.24, 2.45) is 0 Å². The van der Waals surface area contributed by atoms with E-state index in [1.54, 1.807) is 12.1 Å². The molecule has 0 fully saturated rings. The van der Waals surface area contributed by atoms with Gasteiger partial charge in [0.05, 0.1) is 11.3 Å². The maximum absolute atomic E-state index is 10.7. The summed E-state index contributed by atoms with van der Waals surface area (Å²) in [5.74, 6) is 0.791. The van der Waals surface area contributed by atoms with Crippen molar-refractivity contribution < 1.29 is 14.3 Å². The molecule has 2 rings (SSSR count).